The predicted octanol–water partition coefficient (Wildman–Crippen LogP) is 4.53. The first-order chi connectivity index (χ1) is 12.9. The van der Waals surface area contributed by atoms with Gasteiger partial charge in [0.25, 0.3) is 0 Å². The molecule has 7 heteroatoms. The second-order valence-corrected chi connectivity index (χ2v) is 7.11. The summed E-state index contributed by atoms with van der Waals surface area (Å²) in [5.41, 5.74) is 1.74. The molecule has 27 heavy (non-hydrogen) atoms. The number of ketones is 1. The van der Waals surface area contributed by atoms with Gasteiger partial charge in [-0.2, -0.15) is 0 Å². The zero-order valence-electron chi connectivity index (χ0n) is 14.8. The molecule has 3 aromatic rings. The number of benzene rings is 1. The van der Waals surface area contributed by atoms with E-state index in [0.29, 0.717) is 18.2 Å². The Bertz CT molecular complexity index is 993. The third kappa shape index (κ3) is 4.14. The van der Waals surface area contributed by atoms with Crippen molar-refractivity contribution in [3.05, 3.63) is 80.8 Å². The maximum absolute atomic E-state index is 13.6. The number of halogens is 2. The lowest BCUT2D eigenvalue weighted by molar-refractivity contribution is 0.0469. The Morgan fingerprint density at radius 2 is 1.89 bits per heavy atom. The summed E-state index contributed by atoms with van der Waals surface area (Å²) in [6.45, 7) is 3.87. The number of hydrogen-bond acceptors (Lipinski definition) is 4. The van der Waals surface area contributed by atoms with E-state index in [-0.39, 0.29) is 5.78 Å². The predicted molar refractivity (Wildman–Crippen MR) is 98.3 cm³/mol. The molecule has 0 spiro atoms. The maximum Gasteiger partial charge on any atom is 0.341 e. The Hall–Kier alpha value is -2.80. The van der Waals surface area contributed by atoms with E-state index in [1.807, 2.05) is 35.9 Å². The van der Waals surface area contributed by atoms with Gasteiger partial charge in [-0.15, -0.1) is 11.3 Å². The number of hydrogen-bond donors (Lipinski definition) is 0. The highest BCUT2D eigenvalue weighted by molar-refractivity contribution is 7.09. The Morgan fingerprint density at radius 1 is 1.11 bits per heavy atom. The maximum atomic E-state index is 13.6. The number of ether oxygens (including phenoxy) is 1. The molecule has 2 aromatic heterocycles. The molecule has 0 N–H and O–H groups in total. The van der Waals surface area contributed by atoms with Gasteiger partial charge in [-0.05, 0) is 43.5 Å². The van der Waals surface area contributed by atoms with Crippen LogP contribution in [0.25, 0.3) is 0 Å². The fraction of sp³-hybridized carbons (Fsp3) is 0.200. The zero-order chi connectivity index (χ0) is 19.6. The van der Waals surface area contributed by atoms with Crippen LogP contribution < -0.4 is 0 Å². The van der Waals surface area contributed by atoms with Gasteiger partial charge in [-0.3, -0.25) is 4.79 Å². The molecule has 0 saturated heterocycles. The molecule has 0 unspecified atom stereocenters. The number of carbonyl (C=O) groups is 2. The zero-order valence-corrected chi connectivity index (χ0v) is 15.6. The molecule has 3 rings (SSSR count). The molecule has 0 aliphatic carbocycles. The molecule has 0 amide bonds. The van der Waals surface area contributed by atoms with Crippen molar-refractivity contribution in [1.29, 1.82) is 0 Å². The van der Waals surface area contributed by atoms with E-state index in [4.69, 9.17) is 4.74 Å². The van der Waals surface area contributed by atoms with Gasteiger partial charge in [0.1, 0.15) is 11.6 Å². The molecule has 0 aliphatic rings. The SMILES string of the molecule is Cc1cc(C(=O)COC(=O)c2ccc(F)cc2F)c(C)n1Cc1cccs1. The summed E-state index contributed by atoms with van der Waals surface area (Å²) in [6.07, 6.45) is 0. The minimum Gasteiger partial charge on any atom is -0.454 e. The highest BCUT2D eigenvalue weighted by Crippen LogP contribution is 2.20. The summed E-state index contributed by atoms with van der Waals surface area (Å²) in [5.74, 6) is -3.20. The lowest BCUT2D eigenvalue weighted by Crippen LogP contribution is -2.16. The largest absolute Gasteiger partial charge is 0.454 e. The van der Waals surface area contributed by atoms with Gasteiger partial charge in [-0.1, -0.05) is 6.07 Å². The van der Waals surface area contributed by atoms with Gasteiger partial charge in [0.15, 0.2) is 6.61 Å². The standard InChI is InChI=1S/C20H17F2NO3S/c1-12-8-17(13(2)23(12)10-15-4-3-7-27-15)19(24)11-26-20(25)16-6-5-14(21)9-18(16)22/h3-9H,10-11H2,1-2H3. The van der Waals surface area contributed by atoms with E-state index >= 15 is 0 Å². The molecule has 4 nitrogen and oxygen atoms in total. The summed E-state index contributed by atoms with van der Waals surface area (Å²) in [5, 5.41) is 1.99. The Morgan fingerprint density at radius 3 is 2.56 bits per heavy atom. The van der Waals surface area contributed by atoms with Crippen molar-refractivity contribution in [3.8, 4) is 0 Å². The van der Waals surface area contributed by atoms with Crippen LogP contribution in [0.2, 0.25) is 0 Å². The smallest absolute Gasteiger partial charge is 0.341 e. The molecule has 2 heterocycles. The van der Waals surface area contributed by atoms with Crippen molar-refractivity contribution < 1.29 is 23.1 Å². The van der Waals surface area contributed by atoms with E-state index < -0.39 is 29.8 Å². The number of rotatable bonds is 6. The molecule has 0 radical (unpaired) electrons. The van der Waals surface area contributed by atoms with E-state index in [9.17, 15) is 18.4 Å². The molecule has 0 bridgehead atoms. The highest BCUT2D eigenvalue weighted by atomic mass is 32.1. The van der Waals surface area contributed by atoms with Crippen LogP contribution in [-0.2, 0) is 11.3 Å². The lowest BCUT2D eigenvalue weighted by atomic mass is 10.1. The fourth-order valence-electron chi connectivity index (χ4n) is 2.83. The minimum atomic E-state index is -1.03. The van der Waals surface area contributed by atoms with Crippen LogP contribution in [0.4, 0.5) is 8.78 Å². The number of aryl methyl sites for hydroxylation is 1. The molecule has 1 aromatic carbocycles. The number of carbonyl (C=O) groups excluding carboxylic acids is 2. The summed E-state index contributed by atoms with van der Waals surface area (Å²) < 4.78 is 33.5. The second kappa shape index (κ2) is 7.84. The van der Waals surface area contributed by atoms with Crippen LogP contribution in [-0.4, -0.2) is 22.9 Å². The Labute approximate surface area is 159 Å². The summed E-state index contributed by atoms with van der Waals surface area (Å²) in [4.78, 5) is 25.6. The number of Topliss-reactive ketones (excluding diaryl/α,β-unsaturated/α-hetero) is 1. The monoisotopic (exact) mass is 389 g/mol. The summed E-state index contributed by atoms with van der Waals surface area (Å²) in [7, 11) is 0. The van der Waals surface area contributed by atoms with Crippen LogP contribution >= 0.6 is 11.3 Å². The molecule has 0 fully saturated rings. The Kier molecular flexibility index (Phi) is 5.51. The lowest BCUT2D eigenvalue weighted by Gasteiger charge is -2.09. The van der Waals surface area contributed by atoms with Crippen LogP contribution in [0.1, 0.15) is 37.0 Å². The molecule has 0 atom stereocenters. The van der Waals surface area contributed by atoms with Crippen molar-refractivity contribution in [2.45, 2.75) is 20.4 Å². The minimum absolute atomic E-state index is 0.378. The first-order valence-electron chi connectivity index (χ1n) is 8.21. The van der Waals surface area contributed by atoms with Crippen molar-refractivity contribution in [2.24, 2.45) is 0 Å². The Balaban J connectivity index is 1.70. The number of nitrogens with zero attached hydrogens (tertiary/aromatic N) is 1. The van der Waals surface area contributed by atoms with Crippen molar-refractivity contribution >= 4 is 23.1 Å². The van der Waals surface area contributed by atoms with Gasteiger partial charge in [0, 0.05) is 27.9 Å². The highest BCUT2D eigenvalue weighted by Gasteiger charge is 2.19. The molecule has 0 saturated carbocycles. The number of aromatic nitrogens is 1. The topological polar surface area (TPSA) is 48.3 Å². The van der Waals surface area contributed by atoms with Crippen molar-refractivity contribution in [2.75, 3.05) is 6.61 Å². The van der Waals surface area contributed by atoms with E-state index in [2.05, 4.69) is 0 Å². The van der Waals surface area contributed by atoms with Gasteiger partial charge < -0.3 is 9.30 Å². The van der Waals surface area contributed by atoms with Crippen molar-refractivity contribution in [1.82, 2.24) is 4.57 Å². The number of esters is 1. The van der Waals surface area contributed by atoms with E-state index in [0.717, 1.165) is 28.4 Å². The average Bonchev–Trinajstić information content (AvgIpc) is 3.23. The molecule has 0 aliphatic heterocycles. The molecule has 140 valence electrons. The quantitative estimate of drug-likeness (QED) is 0.460. The third-order valence-electron chi connectivity index (χ3n) is 4.25. The van der Waals surface area contributed by atoms with E-state index in [1.165, 1.54) is 0 Å². The fourth-order valence-corrected chi connectivity index (χ4v) is 3.52. The van der Waals surface area contributed by atoms with Crippen LogP contribution in [0.5, 0.6) is 0 Å². The first-order valence-corrected chi connectivity index (χ1v) is 9.09. The second-order valence-electron chi connectivity index (χ2n) is 6.07. The van der Waals surface area contributed by atoms with Gasteiger partial charge in [0.05, 0.1) is 12.1 Å². The van der Waals surface area contributed by atoms with Gasteiger partial charge in [-0.25, -0.2) is 13.6 Å². The van der Waals surface area contributed by atoms with Crippen LogP contribution in [0, 0.1) is 25.5 Å². The summed E-state index contributed by atoms with van der Waals surface area (Å²) in [6, 6.07) is 8.27. The van der Waals surface area contributed by atoms with Crippen LogP contribution in [0.3, 0.4) is 0 Å². The van der Waals surface area contributed by atoms with Crippen molar-refractivity contribution in [3.63, 3.8) is 0 Å². The average molecular weight is 389 g/mol. The van der Waals surface area contributed by atoms with Crippen LogP contribution in [0.15, 0.2) is 41.8 Å². The molecular weight excluding hydrogens is 372 g/mol. The van der Waals surface area contributed by atoms with E-state index in [1.54, 1.807) is 17.4 Å². The first kappa shape index (κ1) is 19.0. The number of thiophene rings is 1. The third-order valence-corrected chi connectivity index (χ3v) is 5.11. The molecular formula is C20H17F2NO3S. The van der Waals surface area contributed by atoms with Gasteiger partial charge in [0.2, 0.25) is 5.78 Å². The summed E-state index contributed by atoms with van der Waals surface area (Å²) >= 11 is 1.63. The normalized spacial score (nSPS) is 10.8. The van der Waals surface area contributed by atoms with Gasteiger partial charge >= 0.3 is 5.97 Å².